The maximum absolute atomic E-state index is 12.3. The predicted molar refractivity (Wildman–Crippen MR) is 73.8 cm³/mol. The monoisotopic (exact) mass is 307 g/mol. The van der Waals surface area contributed by atoms with Crippen LogP contribution in [-0.4, -0.2) is 55.1 Å². The van der Waals surface area contributed by atoms with Crippen molar-refractivity contribution < 1.29 is 18.6 Å². The Morgan fingerprint density at radius 3 is 2.00 bits per heavy atom. The van der Waals surface area contributed by atoms with Gasteiger partial charge in [-0.1, -0.05) is 12.1 Å². The minimum absolute atomic E-state index is 0.0354. The van der Waals surface area contributed by atoms with Crippen LogP contribution in [0, 0.1) is 0 Å². The predicted octanol–water partition coefficient (Wildman–Crippen LogP) is 0.443. The summed E-state index contributed by atoms with van der Waals surface area (Å²) in [6.07, 6.45) is 0.679. The highest BCUT2D eigenvalue weighted by Crippen LogP contribution is 2.16. The number of hydrogen-bond acceptors (Lipinski definition) is 4. The Hall–Kier alpha value is -0.660. The topological polar surface area (TPSA) is 77.8 Å². The first kappa shape index (κ1) is 16.4. The average Bonchev–Trinajstić information content (AvgIpc) is 2.39. The molecule has 0 radical (unpaired) electrons. The van der Waals surface area contributed by atoms with E-state index in [1.54, 1.807) is 12.1 Å². The van der Waals surface area contributed by atoms with Crippen LogP contribution in [0.4, 0.5) is 0 Å². The van der Waals surface area contributed by atoms with Crippen molar-refractivity contribution in [3.63, 3.8) is 0 Å². The molecule has 0 aromatic heterocycles. The van der Waals surface area contributed by atoms with E-state index in [0.29, 0.717) is 12.3 Å². The van der Waals surface area contributed by atoms with Crippen LogP contribution in [-0.2, 0) is 16.4 Å². The standard InChI is InChI=1S/C12H18ClNO4S/c13-6-5-11-1-3-12(4-2-11)19(17,18)14(7-9-15)8-10-16/h1-4,15-16H,5-10H2. The van der Waals surface area contributed by atoms with E-state index in [-0.39, 0.29) is 31.2 Å². The summed E-state index contributed by atoms with van der Waals surface area (Å²) in [5.74, 6) is 0.479. The van der Waals surface area contributed by atoms with Gasteiger partial charge in [0.1, 0.15) is 0 Å². The first-order valence-corrected chi connectivity index (χ1v) is 7.90. The summed E-state index contributed by atoms with van der Waals surface area (Å²) in [7, 11) is -3.68. The highest BCUT2D eigenvalue weighted by molar-refractivity contribution is 7.89. The number of alkyl halides is 1. The largest absolute Gasteiger partial charge is 0.395 e. The summed E-state index contributed by atoms with van der Waals surface area (Å²) in [6.45, 7) is -0.647. The zero-order valence-electron chi connectivity index (χ0n) is 10.5. The van der Waals surface area contributed by atoms with Crippen LogP contribution in [0.2, 0.25) is 0 Å². The molecule has 0 aliphatic rings. The van der Waals surface area contributed by atoms with Gasteiger partial charge in [-0.15, -0.1) is 11.6 Å². The molecule has 0 heterocycles. The molecule has 5 nitrogen and oxygen atoms in total. The molecule has 0 atom stereocenters. The Morgan fingerprint density at radius 2 is 1.58 bits per heavy atom. The maximum atomic E-state index is 12.3. The SMILES string of the molecule is O=S(=O)(c1ccc(CCCl)cc1)N(CCO)CCO. The fourth-order valence-electron chi connectivity index (χ4n) is 1.66. The molecule has 0 spiro atoms. The van der Waals surface area contributed by atoms with Crippen molar-refractivity contribution in [2.45, 2.75) is 11.3 Å². The van der Waals surface area contributed by atoms with Crippen molar-refractivity contribution in [3.8, 4) is 0 Å². The lowest BCUT2D eigenvalue weighted by atomic mass is 10.2. The molecule has 1 aromatic carbocycles. The van der Waals surface area contributed by atoms with Gasteiger partial charge in [-0.3, -0.25) is 0 Å². The lowest BCUT2D eigenvalue weighted by Gasteiger charge is -2.20. The second kappa shape index (κ2) is 7.81. The van der Waals surface area contributed by atoms with Crippen LogP contribution < -0.4 is 0 Å². The van der Waals surface area contributed by atoms with Crippen LogP contribution in [0.3, 0.4) is 0 Å². The molecule has 1 rings (SSSR count). The number of nitrogens with zero attached hydrogens (tertiary/aromatic N) is 1. The van der Waals surface area contributed by atoms with E-state index in [4.69, 9.17) is 21.8 Å². The molecule has 19 heavy (non-hydrogen) atoms. The van der Waals surface area contributed by atoms with Crippen molar-refractivity contribution in [2.75, 3.05) is 32.2 Å². The highest BCUT2D eigenvalue weighted by atomic mass is 35.5. The number of aryl methyl sites for hydroxylation is 1. The Morgan fingerprint density at radius 1 is 1.05 bits per heavy atom. The van der Waals surface area contributed by atoms with Crippen molar-refractivity contribution >= 4 is 21.6 Å². The van der Waals surface area contributed by atoms with Crippen molar-refractivity contribution in [2.24, 2.45) is 0 Å². The van der Waals surface area contributed by atoms with Crippen LogP contribution in [0.15, 0.2) is 29.2 Å². The summed E-state index contributed by atoms with van der Waals surface area (Å²) < 4.78 is 25.6. The van der Waals surface area contributed by atoms with Crippen LogP contribution in [0.1, 0.15) is 5.56 Å². The van der Waals surface area contributed by atoms with E-state index < -0.39 is 10.0 Å². The number of hydrogen-bond donors (Lipinski definition) is 2. The van der Waals surface area contributed by atoms with Crippen molar-refractivity contribution in [1.29, 1.82) is 0 Å². The molecular formula is C12H18ClNO4S. The van der Waals surface area contributed by atoms with E-state index in [9.17, 15) is 8.42 Å². The van der Waals surface area contributed by atoms with Crippen LogP contribution in [0.25, 0.3) is 0 Å². The van der Waals surface area contributed by atoms with Gasteiger partial charge in [0, 0.05) is 19.0 Å². The molecular weight excluding hydrogens is 290 g/mol. The van der Waals surface area contributed by atoms with E-state index in [0.717, 1.165) is 9.87 Å². The molecule has 0 unspecified atom stereocenters. The average molecular weight is 308 g/mol. The molecule has 0 saturated heterocycles. The molecule has 2 N–H and O–H groups in total. The molecule has 7 heteroatoms. The highest BCUT2D eigenvalue weighted by Gasteiger charge is 2.23. The maximum Gasteiger partial charge on any atom is 0.243 e. The number of aliphatic hydroxyl groups excluding tert-OH is 2. The van der Waals surface area contributed by atoms with Crippen molar-refractivity contribution in [3.05, 3.63) is 29.8 Å². The zero-order valence-corrected chi connectivity index (χ0v) is 12.1. The van der Waals surface area contributed by atoms with Gasteiger partial charge in [0.05, 0.1) is 18.1 Å². The summed E-state index contributed by atoms with van der Waals surface area (Å²) >= 11 is 5.62. The van der Waals surface area contributed by atoms with Crippen LogP contribution >= 0.6 is 11.6 Å². The quantitative estimate of drug-likeness (QED) is 0.683. The van der Waals surface area contributed by atoms with Gasteiger partial charge >= 0.3 is 0 Å². The lowest BCUT2D eigenvalue weighted by Crippen LogP contribution is -2.35. The third-order valence-corrected chi connectivity index (χ3v) is 4.74. The molecule has 0 aliphatic carbocycles. The Balaban J connectivity index is 2.96. The van der Waals surface area contributed by atoms with E-state index in [2.05, 4.69) is 0 Å². The summed E-state index contributed by atoms with van der Waals surface area (Å²) in [6, 6.07) is 6.45. The van der Waals surface area contributed by atoms with Crippen LogP contribution in [0.5, 0.6) is 0 Å². The molecule has 0 amide bonds. The number of sulfonamides is 1. The molecule has 0 aliphatic heterocycles. The van der Waals surface area contributed by atoms with Crippen molar-refractivity contribution in [1.82, 2.24) is 4.31 Å². The van der Waals surface area contributed by atoms with Gasteiger partial charge in [0.2, 0.25) is 10.0 Å². The van der Waals surface area contributed by atoms with Gasteiger partial charge in [0.15, 0.2) is 0 Å². The van der Waals surface area contributed by atoms with E-state index in [1.807, 2.05) is 0 Å². The number of rotatable bonds is 8. The van der Waals surface area contributed by atoms with E-state index in [1.165, 1.54) is 12.1 Å². The minimum Gasteiger partial charge on any atom is -0.395 e. The Labute approximate surface area is 118 Å². The normalized spacial score (nSPS) is 12.0. The molecule has 108 valence electrons. The number of benzene rings is 1. The Bertz CT molecular complexity index is 469. The summed E-state index contributed by atoms with van der Waals surface area (Å²) in [5, 5.41) is 17.8. The number of aliphatic hydroxyl groups is 2. The molecule has 0 bridgehead atoms. The second-order valence-corrected chi connectivity index (χ2v) is 6.25. The number of halogens is 1. The van der Waals surface area contributed by atoms with Gasteiger partial charge in [-0.05, 0) is 24.1 Å². The minimum atomic E-state index is -3.68. The van der Waals surface area contributed by atoms with E-state index >= 15 is 0 Å². The fraction of sp³-hybridized carbons (Fsp3) is 0.500. The smallest absolute Gasteiger partial charge is 0.243 e. The Kier molecular flexibility index (Phi) is 6.74. The first-order chi connectivity index (χ1) is 9.06. The third-order valence-electron chi connectivity index (χ3n) is 2.64. The van der Waals surface area contributed by atoms with Gasteiger partial charge in [0.25, 0.3) is 0 Å². The first-order valence-electron chi connectivity index (χ1n) is 5.93. The fourth-order valence-corrected chi connectivity index (χ4v) is 3.30. The third kappa shape index (κ3) is 4.43. The van der Waals surface area contributed by atoms with Gasteiger partial charge in [-0.2, -0.15) is 4.31 Å². The molecule has 1 aromatic rings. The van der Waals surface area contributed by atoms with Gasteiger partial charge < -0.3 is 10.2 Å². The second-order valence-electron chi connectivity index (χ2n) is 3.93. The van der Waals surface area contributed by atoms with Gasteiger partial charge in [-0.25, -0.2) is 8.42 Å². The molecule has 0 saturated carbocycles. The zero-order chi connectivity index (χ0) is 14.3. The summed E-state index contributed by atoms with van der Waals surface area (Å²) in [5.41, 5.74) is 0.963. The summed E-state index contributed by atoms with van der Waals surface area (Å²) in [4.78, 5) is 0.146. The lowest BCUT2D eigenvalue weighted by molar-refractivity contribution is 0.217. The molecule has 0 fully saturated rings.